The summed E-state index contributed by atoms with van der Waals surface area (Å²) in [5.74, 6) is -0.0182. The van der Waals surface area contributed by atoms with Crippen molar-refractivity contribution in [1.29, 1.82) is 0 Å². The molecule has 1 aromatic carbocycles. The van der Waals surface area contributed by atoms with E-state index in [2.05, 4.69) is 10.6 Å². The van der Waals surface area contributed by atoms with Crippen LogP contribution >= 0.6 is 0 Å². The summed E-state index contributed by atoms with van der Waals surface area (Å²) >= 11 is 0. The minimum atomic E-state index is -0.675. The molecule has 1 aromatic rings. The molecule has 0 aliphatic heterocycles. The van der Waals surface area contributed by atoms with Crippen LogP contribution in [0.15, 0.2) is 12.1 Å². The molecule has 6 heteroatoms. The lowest BCUT2D eigenvalue weighted by atomic mass is 9.99. The molecule has 2 atom stereocenters. The van der Waals surface area contributed by atoms with E-state index in [0.29, 0.717) is 12.2 Å². The molecule has 2 amide bonds. The molecule has 27 heavy (non-hydrogen) atoms. The lowest BCUT2D eigenvalue weighted by Gasteiger charge is -2.26. The number of phenols is 1. The fourth-order valence-corrected chi connectivity index (χ4v) is 2.87. The number of rotatable bonds is 6. The Balaban J connectivity index is 2.74. The zero-order chi connectivity index (χ0) is 20.9. The van der Waals surface area contributed by atoms with Crippen molar-refractivity contribution in [2.45, 2.75) is 79.5 Å². The normalized spacial score (nSPS) is 13.8. The highest BCUT2D eigenvalue weighted by molar-refractivity contribution is 5.86. The zero-order valence-corrected chi connectivity index (χ0v) is 17.8. The molecule has 152 valence electrons. The van der Waals surface area contributed by atoms with Gasteiger partial charge in [-0.2, -0.15) is 0 Å². The molecule has 6 nitrogen and oxygen atoms in total. The summed E-state index contributed by atoms with van der Waals surface area (Å²) in [6, 6.07) is 3.04. The molecule has 0 aromatic heterocycles. The van der Waals surface area contributed by atoms with Crippen LogP contribution in [0.3, 0.4) is 0 Å². The van der Waals surface area contributed by atoms with Gasteiger partial charge in [0.25, 0.3) is 0 Å². The van der Waals surface area contributed by atoms with Crippen molar-refractivity contribution in [1.82, 2.24) is 10.6 Å². The maximum atomic E-state index is 12.7. The highest BCUT2D eigenvalue weighted by Gasteiger charge is 2.27. The van der Waals surface area contributed by atoms with E-state index in [9.17, 15) is 14.7 Å². The third-order valence-corrected chi connectivity index (χ3v) is 4.10. The van der Waals surface area contributed by atoms with Gasteiger partial charge in [-0.1, -0.05) is 26.0 Å². The number of carbonyl (C=O) groups is 2. The fourth-order valence-electron chi connectivity index (χ4n) is 2.87. The van der Waals surface area contributed by atoms with Gasteiger partial charge in [-0.25, -0.2) is 4.79 Å². The largest absolute Gasteiger partial charge is 0.507 e. The number of aryl methyl sites for hydroxylation is 2. The summed E-state index contributed by atoms with van der Waals surface area (Å²) in [5, 5.41) is 15.5. The van der Waals surface area contributed by atoms with Crippen LogP contribution in [-0.2, 0) is 16.0 Å². The van der Waals surface area contributed by atoms with Gasteiger partial charge < -0.3 is 20.5 Å². The predicted octanol–water partition coefficient (Wildman–Crippen LogP) is 3.61. The predicted molar refractivity (Wildman–Crippen MR) is 107 cm³/mol. The summed E-state index contributed by atoms with van der Waals surface area (Å²) in [6.45, 7) is 14.7. The molecule has 3 N–H and O–H groups in total. The van der Waals surface area contributed by atoms with Gasteiger partial charge in [-0.3, -0.25) is 4.79 Å². The second kappa shape index (κ2) is 9.11. The van der Waals surface area contributed by atoms with Crippen molar-refractivity contribution in [2.75, 3.05) is 0 Å². The van der Waals surface area contributed by atoms with E-state index >= 15 is 0 Å². The number of alkyl carbamates (subject to hydrolysis) is 1. The first-order valence-corrected chi connectivity index (χ1v) is 9.39. The number of nitrogens with one attached hydrogen (secondary N) is 2. The van der Waals surface area contributed by atoms with Crippen LogP contribution in [0.25, 0.3) is 0 Å². The molecule has 0 saturated heterocycles. The van der Waals surface area contributed by atoms with Crippen molar-refractivity contribution >= 4 is 12.0 Å². The van der Waals surface area contributed by atoms with E-state index in [1.165, 1.54) is 0 Å². The van der Waals surface area contributed by atoms with E-state index < -0.39 is 17.7 Å². The van der Waals surface area contributed by atoms with Crippen molar-refractivity contribution in [3.63, 3.8) is 0 Å². The Bertz CT molecular complexity index is 654. The van der Waals surface area contributed by atoms with E-state index in [0.717, 1.165) is 16.7 Å². The smallest absolute Gasteiger partial charge is 0.408 e. The van der Waals surface area contributed by atoms with Gasteiger partial charge in [-0.15, -0.1) is 0 Å². The topological polar surface area (TPSA) is 87.7 Å². The number of aromatic hydroxyl groups is 1. The van der Waals surface area contributed by atoms with Crippen LogP contribution in [0.4, 0.5) is 4.79 Å². The number of carbonyl (C=O) groups excluding carboxylic acids is 2. The van der Waals surface area contributed by atoms with Crippen molar-refractivity contribution in [2.24, 2.45) is 5.92 Å². The Kier molecular flexibility index (Phi) is 7.69. The van der Waals surface area contributed by atoms with E-state index in [1.807, 2.05) is 46.8 Å². The van der Waals surface area contributed by atoms with Gasteiger partial charge in [0.05, 0.1) is 0 Å². The number of amides is 2. The first-order valence-electron chi connectivity index (χ1n) is 9.39. The lowest BCUT2D eigenvalue weighted by molar-refractivity contribution is -0.124. The molecular weight excluding hydrogens is 344 g/mol. The standard InChI is InChI=1S/C21H34N2O4/c1-12(2)17(23-20(26)27-21(6,7)8)19(25)22-15(5)11-16-9-13(3)18(24)14(4)10-16/h9-10,12,15,17,24H,11H2,1-8H3,(H,22,25)(H,23,26)/t15-,17+/m1/s1. The van der Waals surface area contributed by atoms with Gasteiger partial charge in [0.2, 0.25) is 5.91 Å². The fraction of sp³-hybridized carbons (Fsp3) is 0.619. The van der Waals surface area contributed by atoms with Gasteiger partial charge in [0.15, 0.2) is 0 Å². The van der Waals surface area contributed by atoms with Crippen LogP contribution in [0.2, 0.25) is 0 Å². The minimum Gasteiger partial charge on any atom is -0.507 e. The van der Waals surface area contributed by atoms with Gasteiger partial charge >= 0.3 is 6.09 Å². The molecule has 0 aliphatic rings. The monoisotopic (exact) mass is 378 g/mol. The van der Waals surface area contributed by atoms with Crippen molar-refractivity contribution in [3.8, 4) is 5.75 Å². The first-order chi connectivity index (χ1) is 12.3. The molecule has 0 unspecified atom stereocenters. The van der Waals surface area contributed by atoms with E-state index in [-0.39, 0.29) is 17.9 Å². The Morgan fingerprint density at radius 3 is 2.04 bits per heavy atom. The number of benzene rings is 1. The molecule has 1 rings (SSSR count). The maximum absolute atomic E-state index is 12.7. The molecule has 0 spiro atoms. The van der Waals surface area contributed by atoms with Gasteiger partial charge in [0.1, 0.15) is 17.4 Å². The van der Waals surface area contributed by atoms with Crippen LogP contribution in [-0.4, -0.2) is 34.8 Å². The van der Waals surface area contributed by atoms with Crippen molar-refractivity contribution in [3.05, 3.63) is 28.8 Å². The molecule has 0 heterocycles. The van der Waals surface area contributed by atoms with Crippen LogP contribution in [0.5, 0.6) is 5.75 Å². The maximum Gasteiger partial charge on any atom is 0.408 e. The first kappa shape index (κ1) is 22.8. The average molecular weight is 379 g/mol. The summed E-state index contributed by atoms with van der Waals surface area (Å²) in [7, 11) is 0. The summed E-state index contributed by atoms with van der Waals surface area (Å²) in [4.78, 5) is 24.7. The molecule has 0 radical (unpaired) electrons. The van der Waals surface area contributed by atoms with E-state index in [1.54, 1.807) is 20.8 Å². The summed E-state index contributed by atoms with van der Waals surface area (Å²) < 4.78 is 5.25. The molecule has 0 fully saturated rings. The lowest BCUT2D eigenvalue weighted by Crippen LogP contribution is -2.52. The van der Waals surface area contributed by atoms with Crippen molar-refractivity contribution < 1.29 is 19.4 Å². The Labute approximate surface area is 162 Å². The van der Waals surface area contributed by atoms with Gasteiger partial charge in [-0.05, 0) is 70.6 Å². The van der Waals surface area contributed by atoms with Crippen LogP contribution in [0, 0.1) is 19.8 Å². The van der Waals surface area contributed by atoms with E-state index in [4.69, 9.17) is 4.74 Å². The minimum absolute atomic E-state index is 0.0807. The second-order valence-electron chi connectivity index (χ2n) is 8.56. The van der Waals surface area contributed by atoms with Crippen LogP contribution in [0.1, 0.15) is 58.2 Å². The SMILES string of the molecule is Cc1cc(C[C@@H](C)NC(=O)[C@@H](NC(=O)OC(C)(C)C)C(C)C)cc(C)c1O. The number of ether oxygens (including phenoxy) is 1. The highest BCUT2D eigenvalue weighted by atomic mass is 16.6. The third-order valence-electron chi connectivity index (χ3n) is 4.10. The van der Waals surface area contributed by atoms with Gasteiger partial charge in [0, 0.05) is 6.04 Å². The quantitative estimate of drug-likeness (QED) is 0.706. The summed E-state index contributed by atoms with van der Waals surface area (Å²) in [5.41, 5.74) is 2.05. The third kappa shape index (κ3) is 7.49. The number of hydrogen-bond donors (Lipinski definition) is 3. The Hall–Kier alpha value is -2.24. The highest BCUT2D eigenvalue weighted by Crippen LogP contribution is 2.23. The zero-order valence-electron chi connectivity index (χ0n) is 17.8. The molecule has 0 bridgehead atoms. The number of hydrogen-bond acceptors (Lipinski definition) is 4. The Morgan fingerprint density at radius 1 is 1.07 bits per heavy atom. The summed E-state index contributed by atoms with van der Waals surface area (Å²) in [6.07, 6.45) is 0.0269. The number of phenolic OH excluding ortho intramolecular Hbond substituents is 1. The van der Waals surface area contributed by atoms with Crippen LogP contribution < -0.4 is 10.6 Å². The molecule has 0 saturated carbocycles. The second-order valence-corrected chi connectivity index (χ2v) is 8.56. The molecular formula is C21H34N2O4. The Morgan fingerprint density at radius 2 is 1.59 bits per heavy atom. The average Bonchev–Trinajstić information content (AvgIpc) is 2.47. The molecule has 0 aliphatic carbocycles.